The third-order valence-electron chi connectivity index (χ3n) is 2.83. The molecule has 0 aromatic carbocycles. The molecule has 1 nitrogen and oxygen atoms in total. The summed E-state index contributed by atoms with van der Waals surface area (Å²) < 4.78 is 0. The lowest BCUT2D eigenvalue weighted by molar-refractivity contribution is 0.259. The topological polar surface area (TPSA) is 20.2 Å². The molecule has 0 rings (SSSR count). The molecule has 0 spiro atoms. The van der Waals surface area contributed by atoms with Crippen molar-refractivity contribution in [2.24, 2.45) is 5.92 Å². The fraction of sp³-hybridized carbons (Fsp3) is 0.0769. The number of rotatable bonds is 2. The SMILES string of the molecule is C#CC#CC#CC#CC#CC#CC#CC#CC#CCC(C#CC#CC#CC#CC#CC#CC#CC#CC#C)CO. The van der Waals surface area contributed by atoms with Crippen LogP contribution in [-0.2, 0) is 0 Å². The van der Waals surface area contributed by atoms with E-state index < -0.39 is 0 Å². The lowest BCUT2D eigenvalue weighted by Gasteiger charge is -1.98. The minimum Gasteiger partial charge on any atom is -0.395 e. The van der Waals surface area contributed by atoms with Crippen molar-refractivity contribution in [3.63, 3.8) is 0 Å². The normalized spacial score (nSPS) is 5.47. The molecule has 1 N–H and O–H groups in total. The zero-order chi connectivity index (χ0) is 29.0. The van der Waals surface area contributed by atoms with Gasteiger partial charge in [-0.05, 0) is 189 Å². The van der Waals surface area contributed by atoms with Crippen LogP contribution in [0.5, 0.6) is 0 Å². The summed E-state index contributed by atoms with van der Waals surface area (Å²) in [5, 5.41) is 9.37. The van der Waals surface area contributed by atoms with Crippen molar-refractivity contribution in [3.8, 4) is 214 Å². The second-order valence-electron chi connectivity index (χ2n) is 5.44. The molecular formula is C39H8O. The van der Waals surface area contributed by atoms with Gasteiger partial charge in [0.1, 0.15) is 0 Å². The Morgan fingerprint density at radius 1 is 0.350 bits per heavy atom. The molecule has 0 fully saturated rings. The number of terminal acetylenes is 2. The highest BCUT2D eigenvalue weighted by molar-refractivity contribution is 5.48. The maximum Gasteiger partial charge on any atom is 0.0578 e. The lowest BCUT2D eigenvalue weighted by Crippen LogP contribution is -2.01. The molecule has 0 saturated heterocycles. The van der Waals surface area contributed by atoms with Crippen molar-refractivity contribution in [1.82, 2.24) is 0 Å². The molecule has 0 amide bonds. The van der Waals surface area contributed by atoms with E-state index in [-0.39, 0.29) is 12.5 Å². The van der Waals surface area contributed by atoms with Crippen molar-refractivity contribution in [1.29, 1.82) is 0 Å². The summed E-state index contributed by atoms with van der Waals surface area (Å²) >= 11 is 0. The first-order chi connectivity index (χ1) is 19.8. The van der Waals surface area contributed by atoms with Crippen LogP contribution >= 0.6 is 0 Å². The van der Waals surface area contributed by atoms with Crippen LogP contribution in [0.4, 0.5) is 0 Å². The highest BCUT2D eigenvalue weighted by Crippen LogP contribution is 1.97. The van der Waals surface area contributed by atoms with Gasteiger partial charge in [-0.2, -0.15) is 0 Å². The van der Waals surface area contributed by atoms with Gasteiger partial charge in [-0.15, -0.1) is 12.8 Å². The van der Waals surface area contributed by atoms with E-state index in [0.29, 0.717) is 6.42 Å². The molecule has 170 valence electrons. The van der Waals surface area contributed by atoms with E-state index in [4.69, 9.17) is 12.8 Å². The first kappa shape index (κ1) is 32.0. The van der Waals surface area contributed by atoms with E-state index >= 15 is 0 Å². The summed E-state index contributed by atoms with van der Waals surface area (Å²) in [5.74, 6) is 84.0. The predicted octanol–water partition coefficient (Wildman–Crippen LogP) is 0.306. The number of aliphatic hydroxyl groups excluding tert-OH is 1. The number of hydrogen-bond donors (Lipinski definition) is 1. The third kappa shape index (κ3) is 26.3. The van der Waals surface area contributed by atoms with Crippen LogP contribution in [0, 0.1) is 220 Å². The maximum absolute atomic E-state index is 9.37. The van der Waals surface area contributed by atoms with Crippen molar-refractivity contribution < 1.29 is 5.11 Å². The molecular weight excluding hydrogens is 484 g/mol. The van der Waals surface area contributed by atoms with Gasteiger partial charge in [0, 0.05) is 6.42 Å². The Morgan fingerprint density at radius 3 is 0.875 bits per heavy atom. The van der Waals surface area contributed by atoms with Gasteiger partial charge in [0.15, 0.2) is 0 Å². The summed E-state index contributed by atoms with van der Waals surface area (Å²) in [7, 11) is 0. The smallest absolute Gasteiger partial charge is 0.0578 e. The van der Waals surface area contributed by atoms with Crippen LogP contribution in [0.25, 0.3) is 0 Å². The molecule has 0 aliphatic carbocycles. The van der Waals surface area contributed by atoms with Gasteiger partial charge >= 0.3 is 0 Å². The lowest BCUT2D eigenvalue weighted by atomic mass is 10.1. The van der Waals surface area contributed by atoms with Crippen LogP contribution in [-0.4, -0.2) is 11.7 Å². The van der Waals surface area contributed by atoms with Gasteiger partial charge in [0.05, 0.1) is 12.5 Å². The molecule has 0 aliphatic rings. The van der Waals surface area contributed by atoms with Crippen molar-refractivity contribution in [3.05, 3.63) is 0 Å². The van der Waals surface area contributed by atoms with Crippen LogP contribution < -0.4 is 0 Å². The molecule has 1 heteroatoms. The predicted molar refractivity (Wildman–Crippen MR) is 157 cm³/mol. The van der Waals surface area contributed by atoms with Crippen molar-refractivity contribution >= 4 is 0 Å². The van der Waals surface area contributed by atoms with E-state index in [1.807, 2.05) is 0 Å². The van der Waals surface area contributed by atoms with Gasteiger partial charge in [-0.3, -0.25) is 0 Å². The monoisotopic (exact) mass is 492 g/mol. The molecule has 40 heavy (non-hydrogen) atoms. The van der Waals surface area contributed by atoms with E-state index in [1.54, 1.807) is 0 Å². The molecule has 0 aromatic heterocycles. The third-order valence-corrected chi connectivity index (χ3v) is 2.83. The van der Waals surface area contributed by atoms with Crippen molar-refractivity contribution in [2.45, 2.75) is 6.42 Å². The van der Waals surface area contributed by atoms with Gasteiger partial charge in [0.2, 0.25) is 0 Å². The van der Waals surface area contributed by atoms with E-state index in [0.717, 1.165) is 0 Å². The average Bonchev–Trinajstić information content (AvgIpc) is 2.97. The molecule has 0 radical (unpaired) electrons. The average molecular weight is 492 g/mol. The maximum atomic E-state index is 9.37. The fourth-order valence-corrected chi connectivity index (χ4v) is 1.40. The van der Waals surface area contributed by atoms with Crippen LogP contribution in [0.1, 0.15) is 6.42 Å². The summed E-state index contributed by atoms with van der Waals surface area (Å²) in [4.78, 5) is 0. The minimum atomic E-state index is -0.373. The molecule has 1 atom stereocenters. The van der Waals surface area contributed by atoms with Gasteiger partial charge in [-0.25, -0.2) is 0 Å². The summed E-state index contributed by atoms with van der Waals surface area (Å²) in [6.45, 7) is -0.174. The van der Waals surface area contributed by atoms with E-state index in [1.165, 1.54) is 0 Å². The van der Waals surface area contributed by atoms with E-state index in [9.17, 15) is 5.11 Å². The Kier molecular flexibility index (Phi) is 23.3. The Balaban J connectivity index is 4.64. The second kappa shape index (κ2) is 29.1. The second-order valence-corrected chi connectivity index (χ2v) is 5.44. The Morgan fingerprint density at radius 2 is 0.600 bits per heavy atom. The summed E-state index contributed by atoms with van der Waals surface area (Å²) in [5.41, 5.74) is 0. The molecule has 0 heterocycles. The molecule has 1 unspecified atom stereocenters. The van der Waals surface area contributed by atoms with Gasteiger partial charge in [0.25, 0.3) is 0 Å². The summed E-state index contributed by atoms with van der Waals surface area (Å²) in [6.07, 6.45) is 10.2. The molecule has 0 saturated carbocycles. The first-order valence-corrected chi connectivity index (χ1v) is 10.4. The Bertz CT molecular complexity index is 2120. The molecule has 0 bridgehead atoms. The molecule has 0 aromatic rings. The fourth-order valence-electron chi connectivity index (χ4n) is 1.40. The Hall–Kier alpha value is -7.96. The zero-order valence-electron chi connectivity index (χ0n) is 20.6. The van der Waals surface area contributed by atoms with Crippen molar-refractivity contribution in [2.75, 3.05) is 6.61 Å². The van der Waals surface area contributed by atoms with E-state index in [2.05, 4.69) is 201 Å². The highest BCUT2D eigenvalue weighted by Gasteiger charge is 1.98. The number of aliphatic hydroxyl groups is 1. The largest absolute Gasteiger partial charge is 0.395 e. The summed E-state index contributed by atoms with van der Waals surface area (Å²) in [6, 6.07) is 0. The quantitative estimate of drug-likeness (QED) is 0.551. The van der Waals surface area contributed by atoms with Gasteiger partial charge in [-0.1, -0.05) is 11.8 Å². The van der Waals surface area contributed by atoms with Gasteiger partial charge < -0.3 is 5.11 Å². The van der Waals surface area contributed by atoms with Crippen LogP contribution in [0.15, 0.2) is 0 Å². The highest BCUT2D eigenvalue weighted by atomic mass is 16.3. The van der Waals surface area contributed by atoms with Crippen LogP contribution in [0.3, 0.4) is 0 Å². The van der Waals surface area contributed by atoms with Crippen LogP contribution in [0.2, 0.25) is 0 Å². The number of hydrogen-bond acceptors (Lipinski definition) is 1. The first-order valence-electron chi connectivity index (χ1n) is 10.4. The zero-order valence-corrected chi connectivity index (χ0v) is 20.6. The Labute approximate surface area is 237 Å². The molecule has 0 aliphatic heterocycles. The standard InChI is InChI=1S/C39H8O/c1-3-5-7-9-11-13-15-17-19-21-23-25-27-29-31-33-35-37-39(38-40)36-34-32-30-28-26-24-22-20-18-16-14-12-10-8-6-4-2/h1-2,39-40H,37-38H2. The minimum absolute atomic E-state index is 0.174.